The number of hydrogen-bond acceptors (Lipinski definition) is 1. The highest BCUT2D eigenvalue weighted by molar-refractivity contribution is 5.29. The first kappa shape index (κ1) is 16.2. The van der Waals surface area contributed by atoms with Crippen molar-refractivity contribution >= 4 is 0 Å². The average Bonchev–Trinajstić information content (AvgIpc) is 2.51. The minimum absolute atomic E-state index is 0.135. The fourth-order valence-corrected chi connectivity index (χ4v) is 2.89. The summed E-state index contributed by atoms with van der Waals surface area (Å²) in [7, 11) is 0. The number of rotatable bonds is 6. The van der Waals surface area contributed by atoms with Crippen LogP contribution in [0.25, 0.3) is 0 Å². The van der Waals surface area contributed by atoms with E-state index in [0.29, 0.717) is 11.1 Å². The predicted molar refractivity (Wildman–Crippen MR) is 83.3 cm³/mol. The van der Waals surface area contributed by atoms with Crippen LogP contribution in [-0.2, 0) is 0 Å². The Morgan fingerprint density at radius 3 is 2.67 bits per heavy atom. The van der Waals surface area contributed by atoms with Gasteiger partial charge in [-0.15, -0.1) is 0 Å². The second kappa shape index (κ2) is 7.69. The molecule has 1 aliphatic carbocycles. The summed E-state index contributed by atoms with van der Waals surface area (Å²) in [6.07, 6.45) is 8.67. The second-order valence-electron chi connectivity index (χ2n) is 5.92. The van der Waals surface area contributed by atoms with Crippen molar-refractivity contribution in [3.63, 3.8) is 0 Å². The minimum atomic E-state index is -0.714. The molecule has 0 fully saturated rings. The Labute approximate surface area is 126 Å². The van der Waals surface area contributed by atoms with Crippen LogP contribution in [0.4, 0.5) is 8.78 Å². The third-order valence-electron chi connectivity index (χ3n) is 4.17. The average molecular weight is 293 g/mol. The zero-order valence-corrected chi connectivity index (χ0v) is 13.0. The third-order valence-corrected chi connectivity index (χ3v) is 4.17. The molecule has 0 bridgehead atoms. The SMILES string of the molecule is CCCNC(CC1=CCCCC1)c1ccc(C)c(F)c1F. The van der Waals surface area contributed by atoms with Gasteiger partial charge in [0, 0.05) is 11.6 Å². The molecule has 0 amide bonds. The maximum atomic E-state index is 14.3. The summed E-state index contributed by atoms with van der Waals surface area (Å²) in [6, 6.07) is 3.26. The highest BCUT2D eigenvalue weighted by Crippen LogP contribution is 2.30. The van der Waals surface area contributed by atoms with Crippen molar-refractivity contribution in [3.05, 3.63) is 46.5 Å². The summed E-state index contributed by atoms with van der Waals surface area (Å²) >= 11 is 0. The molecule has 1 aromatic carbocycles. The fraction of sp³-hybridized carbons (Fsp3) is 0.556. The van der Waals surface area contributed by atoms with E-state index in [1.807, 2.05) is 0 Å². The molecule has 0 saturated heterocycles. The summed E-state index contributed by atoms with van der Waals surface area (Å²) in [5.74, 6) is -1.41. The summed E-state index contributed by atoms with van der Waals surface area (Å²) in [5, 5.41) is 3.37. The Kier molecular flexibility index (Phi) is 5.92. The van der Waals surface area contributed by atoms with Gasteiger partial charge < -0.3 is 5.32 Å². The van der Waals surface area contributed by atoms with Gasteiger partial charge in [0.05, 0.1) is 0 Å². The highest BCUT2D eigenvalue weighted by Gasteiger charge is 2.20. The quantitative estimate of drug-likeness (QED) is 0.710. The molecule has 0 heterocycles. The molecule has 116 valence electrons. The molecule has 21 heavy (non-hydrogen) atoms. The molecule has 3 heteroatoms. The lowest BCUT2D eigenvalue weighted by atomic mass is 9.91. The Hall–Kier alpha value is -1.22. The Bertz CT molecular complexity index is 508. The largest absolute Gasteiger partial charge is 0.310 e. The molecule has 2 rings (SSSR count). The van der Waals surface area contributed by atoms with Crippen molar-refractivity contribution < 1.29 is 8.78 Å². The molecule has 1 N–H and O–H groups in total. The second-order valence-corrected chi connectivity index (χ2v) is 5.92. The number of aryl methyl sites for hydroxylation is 1. The van der Waals surface area contributed by atoms with Gasteiger partial charge in [0.25, 0.3) is 0 Å². The molecule has 0 spiro atoms. The smallest absolute Gasteiger partial charge is 0.163 e. The molecule has 1 aromatic rings. The van der Waals surface area contributed by atoms with E-state index in [2.05, 4.69) is 18.3 Å². The molecule has 0 aliphatic heterocycles. The summed E-state index contributed by atoms with van der Waals surface area (Å²) in [6.45, 7) is 4.49. The lowest BCUT2D eigenvalue weighted by molar-refractivity contribution is 0.451. The molecule has 0 saturated carbocycles. The van der Waals surface area contributed by atoms with Gasteiger partial charge in [-0.2, -0.15) is 0 Å². The van der Waals surface area contributed by atoms with Crippen LogP contribution in [0, 0.1) is 18.6 Å². The number of benzene rings is 1. The van der Waals surface area contributed by atoms with Crippen LogP contribution in [0.15, 0.2) is 23.8 Å². The van der Waals surface area contributed by atoms with E-state index >= 15 is 0 Å². The van der Waals surface area contributed by atoms with Crippen LogP contribution in [0.5, 0.6) is 0 Å². The normalized spacial score (nSPS) is 16.7. The van der Waals surface area contributed by atoms with Crippen LogP contribution in [0.2, 0.25) is 0 Å². The van der Waals surface area contributed by atoms with Gasteiger partial charge in [-0.05, 0) is 57.6 Å². The van der Waals surface area contributed by atoms with Crippen molar-refractivity contribution in [3.8, 4) is 0 Å². The van der Waals surface area contributed by atoms with Gasteiger partial charge in [-0.25, -0.2) is 8.78 Å². The topological polar surface area (TPSA) is 12.0 Å². The van der Waals surface area contributed by atoms with Crippen molar-refractivity contribution in [1.82, 2.24) is 5.32 Å². The van der Waals surface area contributed by atoms with E-state index in [0.717, 1.165) is 32.2 Å². The molecule has 1 unspecified atom stereocenters. The first-order chi connectivity index (χ1) is 10.1. The van der Waals surface area contributed by atoms with E-state index in [9.17, 15) is 8.78 Å². The molecular formula is C18H25F2N. The summed E-state index contributed by atoms with van der Waals surface area (Å²) in [5.41, 5.74) is 2.19. The van der Waals surface area contributed by atoms with Crippen LogP contribution < -0.4 is 5.32 Å². The Balaban J connectivity index is 2.22. The number of halogens is 2. The van der Waals surface area contributed by atoms with Crippen molar-refractivity contribution in [2.24, 2.45) is 0 Å². The molecule has 1 aliphatic rings. The maximum Gasteiger partial charge on any atom is 0.163 e. The number of nitrogens with one attached hydrogen (secondary N) is 1. The van der Waals surface area contributed by atoms with Gasteiger partial charge in [-0.3, -0.25) is 0 Å². The van der Waals surface area contributed by atoms with E-state index in [-0.39, 0.29) is 6.04 Å². The summed E-state index contributed by atoms with van der Waals surface area (Å²) in [4.78, 5) is 0. The Morgan fingerprint density at radius 2 is 2.00 bits per heavy atom. The lowest BCUT2D eigenvalue weighted by Crippen LogP contribution is -2.24. The monoisotopic (exact) mass is 293 g/mol. The highest BCUT2D eigenvalue weighted by atomic mass is 19.2. The molecule has 1 atom stereocenters. The van der Waals surface area contributed by atoms with Crippen LogP contribution in [0.1, 0.15) is 62.6 Å². The molecule has 0 radical (unpaired) electrons. The first-order valence-electron chi connectivity index (χ1n) is 7.99. The van der Waals surface area contributed by atoms with Crippen molar-refractivity contribution in [2.75, 3.05) is 6.54 Å². The van der Waals surface area contributed by atoms with Gasteiger partial charge in [-0.1, -0.05) is 30.7 Å². The zero-order chi connectivity index (χ0) is 15.2. The van der Waals surface area contributed by atoms with Crippen molar-refractivity contribution in [2.45, 2.75) is 58.4 Å². The third kappa shape index (κ3) is 4.13. The lowest BCUT2D eigenvalue weighted by Gasteiger charge is -2.23. The van der Waals surface area contributed by atoms with Gasteiger partial charge in [0.15, 0.2) is 11.6 Å². The maximum absolute atomic E-state index is 14.3. The van der Waals surface area contributed by atoms with E-state index in [1.54, 1.807) is 19.1 Å². The van der Waals surface area contributed by atoms with Crippen LogP contribution in [0.3, 0.4) is 0 Å². The zero-order valence-electron chi connectivity index (χ0n) is 13.0. The minimum Gasteiger partial charge on any atom is -0.310 e. The molecular weight excluding hydrogens is 268 g/mol. The first-order valence-corrected chi connectivity index (χ1v) is 7.99. The summed E-state index contributed by atoms with van der Waals surface area (Å²) < 4.78 is 28.1. The van der Waals surface area contributed by atoms with E-state index < -0.39 is 11.6 Å². The fourth-order valence-electron chi connectivity index (χ4n) is 2.89. The molecule has 0 aromatic heterocycles. The number of hydrogen-bond donors (Lipinski definition) is 1. The van der Waals surface area contributed by atoms with Crippen molar-refractivity contribution in [1.29, 1.82) is 0 Å². The standard InChI is InChI=1S/C18H25F2N/c1-3-11-21-16(12-14-7-5-4-6-8-14)15-10-9-13(2)17(19)18(15)20/h7,9-10,16,21H,3-6,8,11-12H2,1-2H3. The van der Waals surface area contributed by atoms with Gasteiger partial charge in [0.1, 0.15) is 0 Å². The Morgan fingerprint density at radius 1 is 1.19 bits per heavy atom. The van der Waals surface area contributed by atoms with Gasteiger partial charge in [0.2, 0.25) is 0 Å². The predicted octanol–water partition coefficient (Wildman–Crippen LogP) is 5.20. The number of allylic oxidation sites excluding steroid dienone is 1. The van der Waals surface area contributed by atoms with Gasteiger partial charge >= 0.3 is 0 Å². The van der Waals surface area contributed by atoms with Crippen LogP contribution >= 0.6 is 0 Å². The van der Waals surface area contributed by atoms with E-state index in [4.69, 9.17) is 0 Å². The molecule has 1 nitrogen and oxygen atoms in total. The van der Waals surface area contributed by atoms with Crippen LogP contribution in [-0.4, -0.2) is 6.54 Å². The van der Waals surface area contributed by atoms with E-state index in [1.165, 1.54) is 18.4 Å².